The fourth-order valence-electron chi connectivity index (χ4n) is 3.65. The van der Waals surface area contributed by atoms with Gasteiger partial charge in [-0.1, -0.05) is 47.5 Å². The van der Waals surface area contributed by atoms with Crippen LogP contribution in [0, 0.1) is 5.82 Å². The average molecular weight is 591 g/mol. The van der Waals surface area contributed by atoms with Crippen molar-refractivity contribution in [3.8, 4) is 17.0 Å². The molecule has 0 bridgehead atoms. The fraction of sp³-hybridized carbons (Fsp3) is 0.0333. The van der Waals surface area contributed by atoms with Gasteiger partial charge in [-0.05, 0) is 77.9 Å². The van der Waals surface area contributed by atoms with Gasteiger partial charge in [0.1, 0.15) is 18.2 Å². The van der Waals surface area contributed by atoms with E-state index in [0.717, 1.165) is 22.1 Å². The first-order valence-electron chi connectivity index (χ1n) is 12.0. The van der Waals surface area contributed by atoms with Crippen molar-refractivity contribution in [3.63, 3.8) is 0 Å². The maximum atomic E-state index is 13.3. The van der Waals surface area contributed by atoms with E-state index in [1.165, 1.54) is 29.7 Å². The standard InChI is InChI=1S/C30H21Cl2FN4O2S/c31-23-9-11-25(12-10-23)35-30-36-27(18-40-30)21-5-7-22(8-6-21)29(38)37-34-16-19-4-13-28(26(32)15-19)39-17-20-2-1-3-24(33)14-20/h1-16,18H,17H2,(H,35,36)(H,37,38)/b34-16-. The van der Waals surface area contributed by atoms with Gasteiger partial charge >= 0.3 is 0 Å². The number of hydrazone groups is 1. The third-order valence-corrected chi connectivity index (χ3v) is 6.97. The molecule has 0 saturated carbocycles. The average Bonchev–Trinajstić information content (AvgIpc) is 3.42. The minimum atomic E-state index is -0.354. The molecule has 0 atom stereocenters. The van der Waals surface area contributed by atoms with E-state index in [0.29, 0.717) is 32.5 Å². The monoisotopic (exact) mass is 590 g/mol. The van der Waals surface area contributed by atoms with Crippen LogP contribution >= 0.6 is 34.5 Å². The van der Waals surface area contributed by atoms with Crippen molar-refractivity contribution in [1.29, 1.82) is 0 Å². The number of rotatable bonds is 9. The van der Waals surface area contributed by atoms with Crippen molar-refractivity contribution in [1.82, 2.24) is 10.4 Å². The highest BCUT2D eigenvalue weighted by molar-refractivity contribution is 7.14. The number of halogens is 3. The zero-order valence-corrected chi connectivity index (χ0v) is 23.1. The Hall–Kier alpha value is -4.24. The van der Waals surface area contributed by atoms with Crippen molar-refractivity contribution in [2.24, 2.45) is 5.10 Å². The highest BCUT2D eigenvalue weighted by atomic mass is 35.5. The normalized spacial score (nSPS) is 11.0. The maximum Gasteiger partial charge on any atom is 0.271 e. The molecule has 1 aromatic heterocycles. The van der Waals surface area contributed by atoms with Crippen LogP contribution in [0.15, 0.2) is 101 Å². The Labute approximate surface area is 244 Å². The molecular weight excluding hydrogens is 570 g/mol. The van der Waals surface area contributed by atoms with E-state index in [1.807, 2.05) is 41.8 Å². The van der Waals surface area contributed by atoms with Crippen LogP contribution in [-0.2, 0) is 6.61 Å². The van der Waals surface area contributed by atoms with E-state index in [4.69, 9.17) is 27.9 Å². The van der Waals surface area contributed by atoms with Crippen LogP contribution in [0.2, 0.25) is 10.0 Å². The molecule has 0 unspecified atom stereocenters. The van der Waals surface area contributed by atoms with Crippen LogP contribution in [0.1, 0.15) is 21.5 Å². The van der Waals surface area contributed by atoms with E-state index in [-0.39, 0.29) is 18.3 Å². The van der Waals surface area contributed by atoms with Gasteiger partial charge in [-0.25, -0.2) is 14.8 Å². The summed E-state index contributed by atoms with van der Waals surface area (Å²) in [5.74, 6) is -0.221. The molecule has 4 aromatic carbocycles. The lowest BCUT2D eigenvalue weighted by molar-refractivity contribution is 0.0955. The number of ether oxygens (including phenoxy) is 1. The van der Waals surface area contributed by atoms with Crippen LogP contribution in [0.3, 0.4) is 0 Å². The lowest BCUT2D eigenvalue weighted by Crippen LogP contribution is -2.17. The number of hydrogen-bond acceptors (Lipinski definition) is 6. The number of benzene rings is 4. The van der Waals surface area contributed by atoms with Crippen molar-refractivity contribution in [2.45, 2.75) is 6.61 Å². The molecule has 6 nitrogen and oxygen atoms in total. The molecule has 0 saturated heterocycles. The van der Waals surface area contributed by atoms with Gasteiger partial charge in [0.25, 0.3) is 5.91 Å². The van der Waals surface area contributed by atoms with Crippen LogP contribution < -0.4 is 15.5 Å². The number of aromatic nitrogens is 1. The number of carbonyl (C=O) groups excluding carboxylic acids is 1. The van der Waals surface area contributed by atoms with Crippen LogP contribution in [0.25, 0.3) is 11.3 Å². The summed E-state index contributed by atoms with van der Waals surface area (Å²) >= 11 is 13.7. The Morgan fingerprint density at radius 3 is 2.55 bits per heavy atom. The summed E-state index contributed by atoms with van der Waals surface area (Å²) in [4.78, 5) is 17.2. The molecule has 5 rings (SSSR count). The maximum absolute atomic E-state index is 13.3. The first-order valence-corrected chi connectivity index (χ1v) is 13.7. The number of hydrogen-bond donors (Lipinski definition) is 2. The third kappa shape index (κ3) is 7.24. The van der Waals surface area contributed by atoms with Gasteiger partial charge in [0, 0.05) is 27.2 Å². The van der Waals surface area contributed by atoms with E-state index in [1.54, 1.807) is 42.5 Å². The predicted molar refractivity (Wildman–Crippen MR) is 160 cm³/mol. The highest BCUT2D eigenvalue weighted by Gasteiger charge is 2.09. The van der Waals surface area contributed by atoms with E-state index in [9.17, 15) is 9.18 Å². The molecule has 1 amide bonds. The molecule has 200 valence electrons. The highest BCUT2D eigenvalue weighted by Crippen LogP contribution is 2.28. The Morgan fingerprint density at radius 1 is 1.00 bits per heavy atom. The van der Waals surface area contributed by atoms with Crippen molar-refractivity contribution in [3.05, 3.63) is 129 Å². The third-order valence-electron chi connectivity index (χ3n) is 5.66. The molecule has 5 aromatic rings. The summed E-state index contributed by atoms with van der Waals surface area (Å²) in [6.07, 6.45) is 1.49. The Kier molecular flexibility index (Phi) is 8.71. The van der Waals surface area contributed by atoms with Crippen molar-refractivity contribution >= 4 is 57.5 Å². The molecule has 40 heavy (non-hydrogen) atoms. The van der Waals surface area contributed by atoms with Gasteiger partial charge in [-0.3, -0.25) is 4.79 Å². The summed E-state index contributed by atoms with van der Waals surface area (Å²) in [6.45, 7) is 0.184. The zero-order valence-electron chi connectivity index (χ0n) is 20.8. The Balaban J connectivity index is 1.14. The molecule has 1 heterocycles. The summed E-state index contributed by atoms with van der Waals surface area (Å²) in [6, 6.07) is 25.8. The van der Waals surface area contributed by atoms with Crippen LogP contribution in [-0.4, -0.2) is 17.1 Å². The first-order chi connectivity index (χ1) is 19.4. The topological polar surface area (TPSA) is 75.6 Å². The van der Waals surface area contributed by atoms with Gasteiger partial charge in [-0.2, -0.15) is 5.10 Å². The second-order valence-electron chi connectivity index (χ2n) is 8.55. The summed E-state index contributed by atoms with van der Waals surface area (Å²) in [5, 5.41) is 11.0. The van der Waals surface area contributed by atoms with Gasteiger partial charge in [-0.15, -0.1) is 11.3 Å². The number of carbonyl (C=O) groups is 1. The van der Waals surface area contributed by atoms with Crippen LogP contribution in [0.5, 0.6) is 5.75 Å². The second kappa shape index (κ2) is 12.7. The largest absolute Gasteiger partial charge is 0.487 e. The molecule has 0 aliphatic carbocycles. The van der Waals surface area contributed by atoms with Gasteiger partial charge in [0.15, 0.2) is 5.13 Å². The molecule has 2 N–H and O–H groups in total. The summed E-state index contributed by atoms with van der Waals surface area (Å²) in [7, 11) is 0. The number of anilines is 2. The molecule has 0 aliphatic rings. The minimum Gasteiger partial charge on any atom is -0.487 e. The summed E-state index contributed by atoms with van der Waals surface area (Å²) in [5.41, 5.74) is 6.91. The van der Waals surface area contributed by atoms with E-state index < -0.39 is 0 Å². The van der Waals surface area contributed by atoms with Gasteiger partial charge < -0.3 is 10.1 Å². The molecule has 10 heteroatoms. The number of amides is 1. The fourth-order valence-corrected chi connectivity index (χ4v) is 4.75. The van der Waals surface area contributed by atoms with Gasteiger partial charge in [0.05, 0.1) is 16.9 Å². The van der Waals surface area contributed by atoms with Gasteiger partial charge in [0.2, 0.25) is 0 Å². The second-order valence-corrected chi connectivity index (χ2v) is 10.3. The molecule has 0 aliphatic heterocycles. The van der Waals surface area contributed by atoms with E-state index in [2.05, 4.69) is 20.8 Å². The Bertz CT molecular complexity index is 1660. The lowest BCUT2D eigenvalue weighted by atomic mass is 10.1. The van der Waals surface area contributed by atoms with Crippen LogP contribution in [0.4, 0.5) is 15.2 Å². The minimum absolute atomic E-state index is 0.184. The number of nitrogens with one attached hydrogen (secondary N) is 2. The first kappa shape index (κ1) is 27.3. The Morgan fingerprint density at radius 2 is 1.80 bits per heavy atom. The van der Waals surface area contributed by atoms with Crippen molar-refractivity contribution in [2.75, 3.05) is 5.32 Å². The number of nitrogens with zero attached hydrogens (tertiary/aromatic N) is 2. The smallest absolute Gasteiger partial charge is 0.271 e. The number of thiazole rings is 1. The quantitative estimate of drug-likeness (QED) is 0.134. The molecule has 0 fully saturated rings. The molecule has 0 spiro atoms. The molecular formula is C30H21Cl2FN4O2S. The lowest BCUT2D eigenvalue weighted by Gasteiger charge is -2.08. The van der Waals surface area contributed by atoms with E-state index >= 15 is 0 Å². The summed E-state index contributed by atoms with van der Waals surface area (Å²) < 4.78 is 19.0. The predicted octanol–water partition coefficient (Wildman–Crippen LogP) is 8.34. The SMILES string of the molecule is O=C(N/N=C\c1ccc(OCc2cccc(F)c2)c(Cl)c1)c1ccc(-c2csc(Nc3ccc(Cl)cc3)n2)cc1. The zero-order chi connectivity index (χ0) is 27.9. The van der Waals surface area contributed by atoms with Crippen molar-refractivity contribution < 1.29 is 13.9 Å². The molecule has 0 radical (unpaired) electrons.